The molecule has 0 bridgehead atoms. The van der Waals surface area contributed by atoms with E-state index in [0.717, 1.165) is 59.9 Å². The average Bonchev–Trinajstić information content (AvgIpc) is 3.28. The number of benzene rings is 2. The van der Waals surface area contributed by atoms with Crippen LogP contribution in [0.2, 0.25) is 0 Å². The summed E-state index contributed by atoms with van der Waals surface area (Å²) in [5.41, 5.74) is 5.01. The van der Waals surface area contributed by atoms with Crippen LogP contribution in [0.25, 0.3) is 33.5 Å². The largest absolute Gasteiger partial charge is 0.494 e. The number of fused-ring (bicyclic) bond motifs is 1. The maximum atomic E-state index is 5.99. The molecular weight excluding hydrogens is 660 g/mol. The van der Waals surface area contributed by atoms with Gasteiger partial charge in [0.05, 0.1) is 25.6 Å². The van der Waals surface area contributed by atoms with Gasteiger partial charge in [0.25, 0.3) is 0 Å². The van der Waals surface area contributed by atoms with Crippen molar-refractivity contribution in [3.63, 3.8) is 0 Å². The topological polar surface area (TPSA) is 44.2 Å². The third-order valence-electron chi connectivity index (χ3n) is 6.01. The fraction of sp³-hybridized carbons (Fsp3) is 0.235. The monoisotopic (exact) mass is 684 g/mol. The van der Waals surface area contributed by atoms with Crippen molar-refractivity contribution in [3.8, 4) is 82.1 Å². The number of nitrogens with zero attached hydrogens (tertiary/aromatic N) is 2. The van der Waals surface area contributed by atoms with E-state index in [0.29, 0.717) is 5.75 Å². The fourth-order valence-electron chi connectivity index (χ4n) is 3.99. The van der Waals surface area contributed by atoms with E-state index in [1.54, 1.807) is 11.3 Å². The second-order valence-corrected chi connectivity index (χ2v) is 12.6. The van der Waals surface area contributed by atoms with Crippen LogP contribution in [0, 0.1) is 48.1 Å². The molecule has 2 aromatic heterocycles. The van der Waals surface area contributed by atoms with Gasteiger partial charge in [-0.25, -0.2) is 9.97 Å². The van der Waals surface area contributed by atoms with Gasteiger partial charge in [0.2, 0.25) is 0 Å². The third kappa shape index (κ3) is 8.63. The highest BCUT2D eigenvalue weighted by Gasteiger charge is 2.18. The minimum atomic E-state index is 0.583. The van der Waals surface area contributed by atoms with E-state index in [9.17, 15) is 0 Å². The first-order valence-corrected chi connectivity index (χ1v) is 15.6. The Balaban J connectivity index is 1.54. The number of rotatable bonds is 11. The molecule has 7 heteroatoms. The summed E-state index contributed by atoms with van der Waals surface area (Å²) in [5.74, 6) is 16.2. The highest BCUT2D eigenvalue weighted by atomic mass is 79.9. The molecule has 204 valence electrons. The SMILES string of the molecule is C#CC#CC#CC#COc1ccc(-c2nc3c(Br)sc(Br)c3nc2-c2ccc(OCCCCCCCC)cc2)cc1. The normalized spacial score (nSPS) is 9.90. The lowest BCUT2D eigenvalue weighted by Gasteiger charge is -2.11. The quantitative estimate of drug-likeness (QED) is 0.117. The second kappa shape index (κ2) is 15.9. The van der Waals surface area contributed by atoms with Crippen LogP contribution in [0.5, 0.6) is 11.5 Å². The van der Waals surface area contributed by atoms with Gasteiger partial charge >= 0.3 is 0 Å². The van der Waals surface area contributed by atoms with Crippen molar-refractivity contribution in [1.82, 2.24) is 9.97 Å². The Bertz CT molecular complexity index is 1720. The lowest BCUT2D eigenvalue weighted by atomic mass is 10.0. The van der Waals surface area contributed by atoms with E-state index in [4.69, 9.17) is 25.9 Å². The molecule has 0 aliphatic carbocycles. The standard InChI is InChI=1S/C34H26Br2N2O2S/c1-3-5-7-9-11-13-23-39-27-19-15-25(16-20-27)29-30(38-32-31(37-29)33(35)41-34(32)36)26-17-21-28(22-18-26)40-24-14-12-10-8-6-4-2/h1,15-22H,4,6,8,10,12,14,24H2,2H3. The van der Waals surface area contributed by atoms with Gasteiger partial charge in [0.1, 0.15) is 28.6 Å². The van der Waals surface area contributed by atoms with Crippen molar-refractivity contribution in [3.05, 3.63) is 56.1 Å². The predicted octanol–water partition coefficient (Wildman–Crippen LogP) is 9.27. The summed E-state index contributed by atoms with van der Waals surface area (Å²) in [6, 6.07) is 15.6. The smallest absolute Gasteiger partial charge is 0.140 e. The maximum Gasteiger partial charge on any atom is 0.140 e. The summed E-state index contributed by atoms with van der Waals surface area (Å²) in [4.78, 5) is 10.1. The van der Waals surface area contributed by atoms with Crippen molar-refractivity contribution in [2.45, 2.75) is 45.4 Å². The predicted molar refractivity (Wildman–Crippen MR) is 175 cm³/mol. The van der Waals surface area contributed by atoms with Crippen LogP contribution >= 0.6 is 43.2 Å². The second-order valence-electron chi connectivity index (χ2n) is 8.91. The highest BCUT2D eigenvalue weighted by molar-refractivity contribution is 9.12. The Morgan fingerprint density at radius 3 is 1.85 bits per heavy atom. The summed E-state index contributed by atoms with van der Waals surface area (Å²) < 4.78 is 13.3. The highest BCUT2D eigenvalue weighted by Crippen LogP contribution is 2.41. The molecule has 0 amide bonds. The lowest BCUT2D eigenvalue weighted by Crippen LogP contribution is -1.98. The zero-order valence-corrected chi connectivity index (χ0v) is 26.5. The molecule has 4 rings (SSSR count). The van der Waals surface area contributed by atoms with Gasteiger partial charge < -0.3 is 9.47 Å². The van der Waals surface area contributed by atoms with Gasteiger partial charge in [-0.05, 0) is 105 Å². The van der Waals surface area contributed by atoms with Gasteiger partial charge in [0, 0.05) is 28.9 Å². The number of ether oxygens (including phenoxy) is 2. The van der Waals surface area contributed by atoms with Crippen LogP contribution in [-0.4, -0.2) is 16.6 Å². The number of terminal acetylenes is 1. The number of aromatic nitrogens is 2. The molecular formula is C34H26Br2N2O2S. The minimum Gasteiger partial charge on any atom is -0.494 e. The molecule has 0 fully saturated rings. The average molecular weight is 686 g/mol. The van der Waals surface area contributed by atoms with Crippen LogP contribution < -0.4 is 9.47 Å². The van der Waals surface area contributed by atoms with Gasteiger partial charge in [-0.1, -0.05) is 39.0 Å². The van der Waals surface area contributed by atoms with E-state index in [2.05, 4.69) is 80.4 Å². The van der Waals surface area contributed by atoms with Gasteiger partial charge in [-0.3, -0.25) is 0 Å². The van der Waals surface area contributed by atoms with Crippen molar-refractivity contribution >= 4 is 54.2 Å². The van der Waals surface area contributed by atoms with E-state index in [1.165, 1.54) is 32.1 Å². The zero-order chi connectivity index (χ0) is 28.9. The maximum absolute atomic E-state index is 5.99. The van der Waals surface area contributed by atoms with E-state index in [1.807, 2.05) is 48.5 Å². The molecule has 0 saturated heterocycles. The lowest BCUT2D eigenvalue weighted by molar-refractivity contribution is 0.304. The molecule has 0 aliphatic heterocycles. The Kier molecular flexibility index (Phi) is 11.7. The minimum absolute atomic E-state index is 0.583. The van der Waals surface area contributed by atoms with Crippen LogP contribution in [0.15, 0.2) is 56.1 Å². The van der Waals surface area contributed by atoms with Crippen molar-refractivity contribution < 1.29 is 9.47 Å². The van der Waals surface area contributed by atoms with E-state index < -0.39 is 0 Å². The van der Waals surface area contributed by atoms with Crippen LogP contribution in [0.3, 0.4) is 0 Å². The van der Waals surface area contributed by atoms with Crippen LogP contribution in [0.1, 0.15) is 45.4 Å². The molecule has 0 unspecified atom stereocenters. The van der Waals surface area contributed by atoms with Crippen molar-refractivity contribution in [1.29, 1.82) is 0 Å². The van der Waals surface area contributed by atoms with Crippen molar-refractivity contribution in [2.75, 3.05) is 6.61 Å². The molecule has 4 aromatic rings. The Labute approximate surface area is 262 Å². The zero-order valence-electron chi connectivity index (χ0n) is 22.5. The van der Waals surface area contributed by atoms with Crippen LogP contribution in [-0.2, 0) is 0 Å². The Hall–Kier alpha value is -3.72. The molecule has 2 aromatic carbocycles. The summed E-state index contributed by atoms with van der Waals surface area (Å²) in [7, 11) is 0. The van der Waals surface area contributed by atoms with Crippen LogP contribution in [0.4, 0.5) is 0 Å². The number of halogens is 2. The summed E-state index contributed by atoms with van der Waals surface area (Å²) >= 11 is 8.83. The van der Waals surface area contributed by atoms with Gasteiger partial charge in [-0.15, -0.1) is 17.8 Å². The first-order chi connectivity index (χ1) is 20.1. The summed E-state index contributed by atoms with van der Waals surface area (Å²) in [6.45, 7) is 2.96. The van der Waals surface area contributed by atoms with Gasteiger partial charge in [-0.2, -0.15) is 0 Å². The Morgan fingerprint density at radius 2 is 1.24 bits per heavy atom. The molecule has 41 heavy (non-hydrogen) atoms. The molecule has 0 atom stereocenters. The van der Waals surface area contributed by atoms with Crippen molar-refractivity contribution in [2.24, 2.45) is 0 Å². The fourth-order valence-corrected chi connectivity index (χ4v) is 6.80. The molecule has 4 nitrogen and oxygen atoms in total. The third-order valence-corrected chi connectivity index (χ3v) is 8.48. The Morgan fingerprint density at radius 1 is 0.707 bits per heavy atom. The molecule has 0 spiro atoms. The first kappa shape index (κ1) is 30.2. The van der Waals surface area contributed by atoms with E-state index in [-0.39, 0.29) is 0 Å². The number of thiophene rings is 1. The molecule has 0 aliphatic rings. The molecule has 0 saturated carbocycles. The number of unbranched alkanes of at least 4 members (excludes halogenated alkanes) is 5. The summed E-state index contributed by atoms with van der Waals surface area (Å²) in [5, 5.41) is 0. The molecule has 0 radical (unpaired) electrons. The van der Waals surface area contributed by atoms with Gasteiger partial charge in [0.15, 0.2) is 0 Å². The molecule has 0 N–H and O–H groups in total. The number of hydrogen-bond acceptors (Lipinski definition) is 5. The summed E-state index contributed by atoms with van der Waals surface area (Å²) in [6.07, 6.45) is 15.0. The van der Waals surface area contributed by atoms with E-state index >= 15 is 0 Å². The molecule has 2 heterocycles. The number of hydrogen-bond donors (Lipinski definition) is 0. The first-order valence-electron chi connectivity index (χ1n) is 13.2.